The Balaban J connectivity index is 1.88. The van der Waals surface area contributed by atoms with Gasteiger partial charge in [-0.1, -0.05) is 11.6 Å². The Kier molecular flexibility index (Phi) is 3.16. The van der Waals surface area contributed by atoms with Gasteiger partial charge in [-0.2, -0.15) is 0 Å². The van der Waals surface area contributed by atoms with Gasteiger partial charge in [0.2, 0.25) is 0 Å². The average molecular weight is 213 g/mol. The SMILES string of the molecule is Clc1cncnc1NCC1CCNC1. The van der Waals surface area contributed by atoms with Crippen LogP contribution in [0.3, 0.4) is 0 Å². The van der Waals surface area contributed by atoms with E-state index in [1.807, 2.05) is 0 Å². The fourth-order valence-corrected chi connectivity index (χ4v) is 1.74. The first-order valence-corrected chi connectivity index (χ1v) is 5.14. The number of nitrogens with zero attached hydrogens (tertiary/aromatic N) is 2. The molecule has 1 aromatic heterocycles. The number of halogens is 1. The van der Waals surface area contributed by atoms with E-state index in [0.717, 1.165) is 25.5 Å². The zero-order valence-electron chi connectivity index (χ0n) is 7.83. The molecule has 1 saturated heterocycles. The molecule has 2 rings (SSSR count). The molecule has 1 aromatic rings. The summed E-state index contributed by atoms with van der Waals surface area (Å²) in [5, 5.41) is 7.13. The second-order valence-electron chi connectivity index (χ2n) is 3.46. The third-order valence-corrected chi connectivity index (χ3v) is 2.66. The first-order valence-electron chi connectivity index (χ1n) is 4.76. The number of nitrogens with one attached hydrogen (secondary N) is 2. The summed E-state index contributed by atoms with van der Waals surface area (Å²) in [6.45, 7) is 3.11. The third kappa shape index (κ3) is 2.33. The molecule has 0 bridgehead atoms. The third-order valence-electron chi connectivity index (χ3n) is 2.39. The molecule has 0 spiro atoms. The highest BCUT2D eigenvalue weighted by Gasteiger charge is 2.14. The number of anilines is 1. The molecule has 0 amide bonds. The van der Waals surface area contributed by atoms with Crippen LogP contribution < -0.4 is 10.6 Å². The van der Waals surface area contributed by atoms with Crippen molar-refractivity contribution in [3.05, 3.63) is 17.5 Å². The number of rotatable bonds is 3. The number of hydrogen-bond donors (Lipinski definition) is 2. The van der Waals surface area contributed by atoms with Crippen LogP contribution in [0.5, 0.6) is 0 Å². The van der Waals surface area contributed by atoms with Crippen LogP contribution in [0.1, 0.15) is 6.42 Å². The van der Waals surface area contributed by atoms with Gasteiger partial charge in [0.1, 0.15) is 17.2 Å². The Bertz CT molecular complexity index is 299. The van der Waals surface area contributed by atoms with Gasteiger partial charge in [-0.3, -0.25) is 0 Å². The number of hydrogen-bond acceptors (Lipinski definition) is 4. The number of aromatic nitrogens is 2. The summed E-state index contributed by atoms with van der Waals surface area (Å²) >= 11 is 5.91. The maximum Gasteiger partial charge on any atom is 0.148 e. The van der Waals surface area contributed by atoms with Gasteiger partial charge in [-0.15, -0.1) is 0 Å². The smallest absolute Gasteiger partial charge is 0.148 e. The molecular formula is C9H13ClN4. The van der Waals surface area contributed by atoms with Gasteiger partial charge in [0.25, 0.3) is 0 Å². The van der Waals surface area contributed by atoms with Crippen molar-refractivity contribution in [1.29, 1.82) is 0 Å². The summed E-state index contributed by atoms with van der Waals surface area (Å²) in [5.41, 5.74) is 0. The van der Waals surface area contributed by atoms with Crippen molar-refractivity contribution in [2.75, 3.05) is 25.0 Å². The van der Waals surface area contributed by atoms with Crippen molar-refractivity contribution < 1.29 is 0 Å². The highest BCUT2D eigenvalue weighted by Crippen LogP contribution is 2.17. The van der Waals surface area contributed by atoms with Crippen molar-refractivity contribution in [1.82, 2.24) is 15.3 Å². The molecule has 2 N–H and O–H groups in total. The summed E-state index contributed by atoms with van der Waals surface area (Å²) < 4.78 is 0. The highest BCUT2D eigenvalue weighted by molar-refractivity contribution is 6.32. The van der Waals surface area contributed by atoms with E-state index in [2.05, 4.69) is 20.6 Å². The fraction of sp³-hybridized carbons (Fsp3) is 0.556. The summed E-state index contributed by atoms with van der Waals surface area (Å²) in [4.78, 5) is 7.89. The average Bonchev–Trinajstić information content (AvgIpc) is 2.69. The van der Waals surface area contributed by atoms with E-state index in [9.17, 15) is 0 Å². The quantitative estimate of drug-likeness (QED) is 0.790. The Morgan fingerprint density at radius 2 is 2.57 bits per heavy atom. The summed E-state index contributed by atoms with van der Waals surface area (Å²) in [7, 11) is 0. The van der Waals surface area contributed by atoms with Gasteiger partial charge in [-0.05, 0) is 25.4 Å². The molecule has 0 aliphatic carbocycles. The molecule has 1 unspecified atom stereocenters. The van der Waals surface area contributed by atoms with Crippen LogP contribution in [-0.4, -0.2) is 29.6 Å². The molecule has 1 atom stereocenters. The van der Waals surface area contributed by atoms with Crippen LogP contribution in [0.4, 0.5) is 5.82 Å². The van der Waals surface area contributed by atoms with Crippen molar-refractivity contribution in [2.24, 2.45) is 5.92 Å². The molecule has 1 aliphatic rings. The van der Waals surface area contributed by atoms with E-state index in [1.165, 1.54) is 12.7 Å². The predicted molar refractivity (Wildman–Crippen MR) is 56.5 cm³/mol. The normalized spacial score (nSPS) is 21.1. The molecule has 1 fully saturated rings. The first-order chi connectivity index (χ1) is 6.86. The monoisotopic (exact) mass is 212 g/mol. The van der Waals surface area contributed by atoms with E-state index >= 15 is 0 Å². The molecule has 0 aromatic carbocycles. The van der Waals surface area contributed by atoms with Crippen molar-refractivity contribution >= 4 is 17.4 Å². The molecule has 0 radical (unpaired) electrons. The molecule has 1 aliphatic heterocycles. The van der Waals surface area contributed by atoms with Crippen molar-refractivity contribution in [3.63, 3.8) is 0 Å². The lowest BCUT2D eigenvalue weighted by molar-refractivity contribution is 0.614. The Morgan fingerprint density at radius 1 is 1.64 bits per heavy atom. The minimum absolute atomic E-state index is 0.582. The molecule has 5 heteroatoms. The summed E-state index contributed by atoms with van der Waals surface area (Å²) in [6, 6.07) is 0. The minimum atomic E-state index is 0.582. The maximum absolute atomic E-state index is 5.91. The summed E-state index contributed by atoms with van der Waals surface area (Å²) in [5.74, 6) is 1.41. The molecular weight excluding hydrogens is 200 g/mol. The van der Waals surface area contributed by atoms with E-state index < -0.39 is 0 Å². The fourth-order valence-electron chi connectivity index (χ4n) is 1.57. The second-order valence-corrected chi connectivity index (χ2v) is 3.87. The van der Waals surface area contributed by atoms with Gasteiger partial charge < -0.3 is 10.6 Å². The molecule has 14 heavy (non-hydrogen) atoms. The lowest BCUT2D eigenvalue weighted by atomic mass is 10.1. The second kappa shape index (κ2) is 4.57. The molecule has 76 valence electrons. The Morgan fingerprint density at radius 3 is 3.29 bits per heavy atom. The van der Waals surface area contributed by atoms with Crippen LogP contribution in [0.25, 0.3) is 0 Å². The lowest BCUT2D eigenvalue weighted by Crippen LogP contribution is -2.17. The zero-order valence-corrected chi connectivity index (χ0v) is 8.59. The lowest BCUT2D eigenvalue weighted by Gasteiger charge is -2.10. The predicted octanol–water partition coefficient (Wildman–Crippen LogP) is 1.15. The van der Waals surface area contributed by atoms with Crippen molar-refractivity contribution in [2.45, 2.75) is 6.42 Å². The van der Waals surface area contributed by atoms with Crippen molar-refractivity contribution in [3.8, 4) is 0 Å². The maximum atomic E-state index is 5.91. The summed E-state index contributed by atoms with van der Waals surface area (Å²) in [6.07, 6.45) is 4.32. The molecule has 2 heterocycles. The van der Waals surface area contributed by atoms with E-state index in [1.54, 1.807) is 6.20 Å². The van der Waals surface area contributed by atoms with Gasteiger partial charge in [0.05, 0.1) is 6.20 Å². The van der Waals surface area contributed by atoms with Crippen LogP contribution in [0.2, 0.25) is 5.02 Å². The van der Waals surface area contributed by atoms with Crippen LogP contribution in [-0.2, 0) is 0 Å². The first kappa shape index (κ1) is 9.68. The van der Waals surface area contributed by atoms with Crippen LogP contribution in [0.15, 0.2) is 12.5 Å². The standard InChI is InChI=1S/C9H13ClN4/c10-8-5-12-6-14-9(8)13-4-7-1-2-11-3-7/h5-7,11H,1-4H2,(H,12,13,14). The molecule has 4 nitrogen and oxygen atoms in total. The topological polar surface area (TPSA) is 49.8 Å². The Hall–Kier alpha value is -0.870. The molecule has 0 saturated carbocycles. The van der Waals surface area contributed by atoms with E-state index in [4.69, 9.17) is 11.6 Å². The van der Waals surface area contributed by atoms with E-state index in [0.29, 0.717) is 10.9 Å². The van der Waals surface area contributed by atoms with Crippen LogP contribution >= 0.6 is 11.6 Å². The van der Waals surface area contributed by atoms with Gasteiger partial charge in [0, 0.05) is 6.54 Å². The minimum Gasteiger partial charge on any atom is -0.368 e. The van der Waals surface area contributed by atoms with Crippen LogP contribution in [0, 0.1) is 5.92 Å². The van der Waals surface area contributed by atoms with Gasteiger partial charge >= 0.3 is 0 Å². The van der Waals surface area contributed by atoms with Gasteiger partial charge in [0.15, 0.2) is 0 Å². The zero-order chi connectivity index (χ0) is 9.80. The van der Waals surface area contributed by atoms with Gasteiger partial charge in [-0.25, -0.2) is 9.97 Å². The largest absolute Gasteiger partial charge is 0.368 e. The Labute approximate surface area is 88.1 Å². The highest BCUT2D eigenvalue weighted by atomic mass is 35.5. The van der Waals surface area contributed by atoms with E-state index in [-0.39, 0.29) is 0 Å².